The Morgan fingerprint density at radius 3 is 2.60 bits per heavy atom. The summed E-state index contributed by atoms with van der Waals surface area (Å²) in [5.41, 5.74) is 0.954. The average Bonchev–Trinajstić information content (AvgIpc) is 3.19. The Balaban J connectivity index is 1.32. The highest BCUT2D eigenvalue weighted by atomic mass is 79.9. The van der Waals surface area contributed by atoms with E-state index in [4.69, 9.17) is 9.97 Å². The summed E-state index contributed by atoms with van der Waals surface area (Å²) in [4.78, 5) is 24.5. The molecule has 30 heavy (non-hydrogen) atoms. The number of aromatic nitrogens is 2. The lowest BCUT2D eigenvalue weighted by molar-refractivity contribution is 0.0947. The first-order valence-corrected chi connectivity index (χ1v) is 11.8. The highest BCUT2D eigenvalue weighted by Crippen LogP contribution is 2.28. The topological polar surface area (TPSA) is 70.2 Å². The molecule has 0 unspecified atom stereocenters. The van der Waals surface area contributed by atoms with Gasteiger partial charge < -0.3 is 15.5 Å². The van der Waals surface area contributed by atoms with Crippen molar-refractivity contribution >= 4 is 55.8 Å². The van der Waals surface area contributed by atoms with E-state index in [1.165, 1.54) is 11.3 Å². The Bertz CT molecular complexity index is 1030. The second-order valence-corrected chi connectivity index (χ2v) is 10.4. The lowest BCUT2D eigenvalue weighted by atomic mass is 9.86. The molecule has 0 saturated heterocycles. The average molecular weight is 488 g/mol. The highest BCUT2D eigenvalue weighted by Gasteiger charge is 2.23. The summed E-state index contributed by atoms with van der Waals surface area (Å²) >= 11 is 4.87. The van der Waals surface area contributed by atoms with Crippen molar-refractivity contribution in [2.24, 2.45) is 5.92 Å². The fourth-order valence-corrected chi connectivity index (χ4v) is 5.22. The molecule has 2 N–H and O–H groups in total. The van der Waals surface area contributed by atoms with Gasteiger partial charge in [-0.05, 0) is 71.8 Å². The summed E-state index contributed by atoms with van der Waals surface area (Å²) in [6.07, 6.45) is 4.28. The number of thiophene rings is 1. The van der Waals surface area contributed by atoms with E-state index < -0.39 is 0 Å². The number of anilines is 2. The molecule has 1 amide bonds. The Kier molecular flexibility index (Phi) is 6.53. The van der Waals surface area contributed by atoms with Crippen molar-refractivity contribution in [2.75, 3.05) is 30.9 Å². The van der Waals surface area contributed by atoms with Gasteiger partial charge in [0.2, 0.25) is 5.95 Å². The first-order valence-electron chi connectivity index (χ1n) is 10.2. The molecule has 1 fully saturated rings. The molecule has 0 bridgehead atoms. The van der Waals surface area contributed by atoms with Crippen molar-refractivity contribution in [1.29, 1.82) is 0 Å². The van der Waals surface area contributed by atoms with Crippen molar-refractivity contribution in [3.05, 3.63) is 45.1 Å². The normalized spacial score (nSPS) is 18.9. The second-order valence-electron chi connectivity index (χ2n) is 7.96. The van der Waals surface area contributed by atoms with Gasteiger partial charge in [-0.3, -0.25) is 4.79 Å². The van der Waals surface area contributed by atoms with Gasteiger partial charge in [0.1, 0.15) is 5.82 Å². The van der Waals surface area contributed by atoms with E-state index in [0.717, 1.165) is 57.6 Å². The van der Waals surface area contributed by atoms with Crippen LogP contribution >= 0.6 is 27.3 Å². The van der Waals surface area contributed by atoms with Crippen LogP contribution in [0, 0.1) is 5.92 Å². The molecule has 0 radical (unpaired) electrons. The molecular formula is C22H26BrN5OS. The number of para-hydroxylation sites is 1. The summed E-state index contributed by atoms with van der Waals surface area (Å²) in [6, 6.07) is 12.2. The molecule has 0 aliphatic heterocycles. The number of rotatable bonds is 6. The van der Waals surface area contributed by atoms with Crippen molar-refractivity contribution in [3.8, 4) is 0 Å². The number of nitrogens with one attached hydrogen (secondary N) is 2. The van der Waals surface area contributed by atoms with Crippen LogP contribution in [0.3, 0.4) is 0 Å². The van der Waals surface area contributed by atoms with Gasteiger partial charge in [-0.25, -0.2) is 4.98 Å². The lowest BCUT2D eigenvalue weighted by Crippen LogP contribution is -2.34. The minimum Gasteiger partial charge on any atom is -0.362 e. The molecule has 4 rings (SSSR count). The Hall–Kier alpha value is -2.19. The zero-order valence-electron chi connectivity index (χ0n) is 17.2. The molecular weight excluding hydrogens is 462 g/mol. The molecule has 6 nitrogen and oxygen atoms in total. The van der Waals surface area contributed by atoms with Gasteiger partial charge in [-0.15, -0.1) is 11.3 Å². The SMILES string of the molecule is CN(C)c1nc(NC2CCC(CNC(=O)c3ccc(Br)s3)CC2)nc2ccccc12. The number of halogens is 1. The number of hydrogen-bond acceptors (Lipinski definition) is 6. The number of benzene rings is 1. The van der Waals surface area contributed by atoms with Gasteiger partial charge in [0.15, 0.2) is 0 Å². The molecule has 1 saturated carbocycles. The van der Waals surface area contributed by atoms with Crippen LogP contribution in [0.2, 0.25) is 0 Å². The van der Waals surface area contributed by atoms with Crippen LogP contribution in [-0.2, 0) is 0 Å². The number of hydrogen-bond donors (Lipinski definition) is 2. The lowest BCUT2D eigenvalue weighted by Gasteiger charge is -2.29. The van der Waals surface area contributed by atoms with Crippen molar-refractivity contribution in [1.82, 2.24) is 15.3 Å². The molecule has 2 heterocycles. The largest absolute Gasteiger partial charge is 0.362 e. The maximum absolute atomic E-state index is 12.2. The number of carbonyl (C=O) groups excluding carboxylic acids is 1. The summed E-state index contributed by atoms with van der Waals surface area (Å²) in [6.45, 7) is 0.734. The van der Waals surface area contributed by atoms with Crippen LogP contribution in [0.4, 0.5) is 11.8 Å². The highest BCUT2D eigenvalue weighted by molar-refractivity contribution is 9.11. The Morgan fingerprint density at radius 1 is 1.13 bits per heavy atom. The minimum absolute atomic E-state index is 0.0201. The zero-order chi connectivity index (χ0) is 21.1. The fraction of sp³-hybridized carbons (Fsp3) is 0.409. The van der Waals surface area contributed by atoms with E-state index in [1.807, 2.05) is 49.3 Å². The predicted molar refractivity (Wildman–Crippen MR) is 128 cm³/mol. The number of fused-ring (bicyclic) bond motifs is 1. The maximum atomic E-state index is 12.2. The summed E-state index contributed by atoms with van der Waals surface area (Å²) in [5, 5.41) is 7.69. The molecule has 1 aromatic carbocycles. The molecule has 8 heteroatoms. The van der Waals surface area contributed by atoms with Gasteiger partial charge in [-0.1, -0.05) is 12.1 Å². The Labute approximate surface area is 189 Å². The van der Waals surface area contributed by atoms with Gasteiger partial charge >= 0.3 is 0 Å². The first-order chi connectivity index (χ1) is 14.5. The summed E-state index contributed by atoms with van der Waals surface area (Å²) < 4.78 is 0.979. The van der Waals surface area contributed by atoms with E-state index in [9.17, 15) is 4.79 Å². The maximum Gasteiger partial charge on any atom is 0.261 e. The Morgan fingerprint density at radius 2 is 1.90 bits per heavy atom. The van der Waals surface area contributed by atoms with Crippen LogP contribution in [0.5, 0.6) is 0 Å². The molecule has 158 valence electrons. The number of nitrogens with zero attached hydrogens (tertiary/aromatic N) is 3. The zero-order valence-corrected chi connectivity index (χ0v) is 19.6. The molecule has 0 spiro atoms. The molecule has 1 aliphatic rings. The third-order valence-corrected chi connectivity index (χ3v) is 7.16. The summed E-state index contributed by atoms with van der Waals surface area (Å²) in [5.74, 6) is 2.16. The van der Waals surface area contributed by atoms with Gasteiger partial charge in [-0.2, -0.15) is 4.98 Å². The van der Waals surface area contributed by atoms with Crippen molar-refractivity contribution in [3.63, 3.8) is 0 Å². The van der Waals surface area contributed by atoms with E-state index in [2.05, 4.69) is 32.6 Å². The van der Waals surface area contributed by atoms with Crippen LogP contribution < -0.4 is 15.5 Å². The van der Waals surface area contributed by atoms with Crippen LogP contribution in [0.25, 0.3) is 10.9 Å². The van der Waals surface area contributed by atoms with E-state index in [-0.39, 0.29) is 5.91 Å². The van der Waals surface area contributed by atoms with Gasteiger partial charge in [0.25, 0.3) is 5.91 Å². The summed E-state index contributed by atoms with van der Waals surface area (Å²) in [7, 11) is 4.01. The van der Waals surface area contributed by atoms with Gasteiger partial charge in [0.05, 0.1) is 14.2 Å². The van der Waals surface area contributed by atoms with E-state index in [1.54, 1.807) is 0 Å². The molecule has 0 atom stereocenters. The third kappa shape index (κ3) is 4.92. The second kappa shape index (κ2) is 9.31. The fourth-order valence-electron chi connectivity index (χ4n) is 3.92. The number of amides is 1. The van der Waals surface area contributed by atoms with E-state index in [0.29, 0.717) is 17.9 Å². The first kappa shape index (κ1) is 21.1. The molecule has 3 aromatic rings. The van der Waals surface area contributed by atoms with Crippen LogP contribution in [0.1, 0.15) is 35.4 Å². The van der Waals surface area contributed by atoms with Crippen LogP contribution in [-0.4, -0.2) is 42.6 Å². The molecule has 2 aromatic heterocycles. The smallest absolute Gasteiger partial charge is 0.261 e. The van der Waals surface area contributed by atoms with Crippen molar-refractivity contribution in [2.45, 2.75) is 31.7 Å². The standard InChI is InChI=1S/C22H26BrN5OS/c1-28(2)20-16-5-3-4-6-17(16)26-22(27-20)25-15-9-7-14(8-10-15)13-24-21(29)18-11-12-19(23)30-18/h3-6,11-12,14-15H,7-10,13H2,1-2H3,(H,24,29)(H,25,26,27). The third-order valence-electron chi connectivity index (χ3n) is 5.53. The van der Waals surface area contributed by atoms with E-state index >= 15 is 0 Å². The van der Waals surface area contributed by atoms with Crippen molar-refractivity contribution < 1.29 is 4.79 Å². The number of carbonyl (C=O) groups is 1. The molecule has 1 aliphatic carbocycles. The van der Waals surface area contributed by atoms with Gasteiger partial charge in [0, 0.05) is 32.1 Å². The monoisotopic (exact) mass is 487 g/mol. The minimum atomic E-state index is 0.0201. The predicted octanol–water partition coefficient (Wildman–Crippen LogP) is 4.92. The van der Waals surface area contributed by atoms with Crippen LogP contribution in [0.15, 0.2) is 40.2 Å². The quantitative estimate of drug-likeness (QED) is 0.516.